The van der Waals surface area contributed by atoms with Crippen molar-refractivity contribution >= 4 is 13.3 Å². The Kier molecular flexibility index (Phi) is 2.33. The molecule has 0 saturated heterocycles. The van der Waals surface area contributed by atoms with Crippen LogP contribution in [0.1, 0.15) is 0 Å². The molecule has 0 unspecified atom stereocenters. The van der Waals surface area contributed by atoms with Gasteiger partial charge in [0.1, 0.15) is 0 Å². The topological polar surface area (TPSA) is 0 Å². The molecule has 0 spiro atoms. The van der Waals surface area contributed by atoms with Crippen LogP contribution >= 0.6 is 0 Å². The molecule has 66 valence electrons. The van der Waals surface area contributed by atoms with Gasteiger partial charge in [0.05, 0.1) is 8.07 Å². The average Bonchev–Trinajstić information content (AvgIpc) is 1.92. The van der Waals surface area contributed by atoms with Crippen LogP contribution in [0.4, 0.5) is 8.78 Å². The Hall–Kier alpha value is -0.703. The normalized spacial score (nSPS) is 11.8. The molecule has 0 heterocycles. The largest absolute Gasteiger partial charge is 0.204 e. The van der Waals surface area contributed by atoms with Gasteiger partial charge < -0.3 is 0 Å². The number of benzene rings is 1. The summed E-state index contributed by atoms with van der Waals surface area (Å²) < 4.78 is 25.3. The molecular weight excluding hydrogens is 174 g/mol. The van der Waals surface area contributed by atoms with Gasteiger partial charge in [0.15, 0.2) is 11.6 Å². The van der Waals surface area contributed by atoms with E-state index in [0.717, 1.165) is 5.19 Å². The van der Waals surface area contributed by atoms with Crippen LogP contribution in [-0.4, -0.2) is 8.07 Å². The molecule has 0 aliphatic rings. The molecule has 1 aromatic carbocycles. The first kappa shape index (κ1) is 9.39. The average molecular weight is 186 g/mol. The van der Waals surface area contributed by atoms with E-state index in [4.69, 9.17) is 0 Å². The molecule has 0 radical (unpaired) electrons. The van der Waals surface area contributed by atoms with Crippen LogP contribution in [0.25, 0.3) is 0 Å². The van der Waals surface area contributed by atoms with Gasteiger partial charge in [0.2, 0.25) is 0 Å². The Morgan fingerprint density at radius 3 is 2.00 bits per heavy atom. The lowest BCUT2D eigenvalue weighted by Crippen LogP contribution is -2.37. The maximum atomic E-state index is 12.8. The Morgan fingerprint density at radius 2 is 1.58 bits per heavy atom. The molecule has 0 aliphatic heterocycles. The monoisotopic (exact) mass is 186 g/mol. The first-order valence-corrected chi connectivity index (χ1v) is 7.37. The zero-order valence-corrected chi connectivity index (χ0v) is 8.49. The molecule has 0 amide bonds. The Bertz CT molecular complexity index is 289. The quantitative estimate of drug-likeness (QED) is 0.591. The number of halogens is 2. The van der Waals surface area contributed by atoms with Gasteiger partial charge in [-0.2, -0.15) is 0 Å². The summed E-state index contributed by atoms with van der Waals surface area (Å²) in [6.07, 6.45) is 0. The summed E-state index contributed by atoms with van der Waals surface area (Å²) in [4.78, 5) is 0. The van der Waals surface area contributed by atoms with Gasteiger partial charge >= 0.3 is 0 Å². The molecule has 0 aromatic heterocycles. The van der Waals surface area contributed by atoms with Crippen LogP contribution in [0.3, 0.4) is 0 Å². The molecule has 0 saturated carbocycles. The predicted molar refractivity (Wildman–Crippen MR) is 49.3 cm³/mol. The molecule has 0 N–H and O–H groups in total. The SMILES string of the molecule is C[Si](C)(C)c1ccc(F)c(F)c1. The van der Waals surface area contributed by atoms with Crippen molar-refractivity contribution in [2.45, 2.75) is 19.6 Å². The fourth-order valence-electron chi connectivity index (χ4n) is 0.963. The van der Waals surface area contributed by atoms with Gasteiger partial charge in [0, 0.05) is 0 Å². The lowest BCUT2D eigenvalue weighted by Gasteiger charge is -2.16. The van der Waals surface area contributed by atoms with Crippen LogP contribution < -0.4 is 5.19 Å². The highest BCUT2D eigenvalue weighted by atomic mass is 28.3. The van der Waals surface area contributed by atoms with E-state index in [0.29, 0.717) is 0 Å². The van der Waals surface area contributed by atoms with E-state index in [1.54, 1.807) is 6.07 Å². The maximum absolute atomic E-state index is 12.8. The Morgan fingerprint density at radius 1 is 1.00 bits per heavy atom. The molecule has 1 aromatic rings. The van der Waals surface area contributed by atoms with E-state index in [1.165, 1.54) is 12.1 Å². The van der Waals surface area contributed by atoms with E-state index >= 15 is 0 Å². The molecule has 0 aliphatic carbocycles. The second kappa shape index (κ2) is 2.97. The second-order valence-corrected chi connectivity index (χ2v) is 8.96. The molecule has 1 rings (SSSR count). The summed E-state index contributed by atoms with van der Waals surface area (Å²) in [7, 11) is -1.49. The standard InChI is InChI=1S/C9H12F2Si/c1-12(2,3)7-4-5-8(10)9(11)6-7/h4-6H,1-3H3. The van der Waals surface area contributed by atoms with Crippen molar-refractivity contribution in [1.29, 1.82) is 0 Å². The zero-order valence-electron chi connectivity index (χ0n) is 7.49. The number of hydrogen-bond acceptors (Lipinski definition) is 0. The van der Waals surface area contributed by atoms with E-state index in [2.05, 4.69) is 19.6 Å². The van der Waals surface area contributed by atoms with Crippen LogP contribution in [0.15, 0.2) is 18.2 Å². The predicted octanol–water partition coefficient (Wildman–Crippen LogP) is 2.51. The highest BCUT2D eigenvalue weighted by molar-refractivity contribution is 6.88. The fourth-order valence-corrected chi connectivity index (χ4v) is 2.11. The smallest absolute Gasteiger partial charge is 0.158 e. The third kappa shape index (κ3) is 1.91. The minimum Gasteiger partial charge on any atom is -0.204 e. The fraction of sp³-hybridized carbons (Fsp3) is 0.333. The summed E-state index contributed by atoms with van der Waals surface area (Å²) in [5.74, 6) is -1.51. The molecular formula is C9H12F2Si. The number of hydrogen-bond donors (Lipinski definition) is 0. The van der Waals surface area contributed by atoms with Crippen molar-refractivity contribution < 1.29 is 8.78 Å². The van der Waals surface area contributed by atoms with E-state index in [1.807, 2.05) is 0 Å². The van der Waals surface area contributed by atoms with Crippen molar-refractivity contribution in [3.05, 3.63) is 29.8 Å². The van der Waals surface area contributed by atoms with Gasteiger partial charge in [-0.15, -0.1) is 0 Å². The van der Waals surface area contributed by atoms with E-state index < -0.39 is 19.7 Å². The number of rotatable bonds is 1. The van der Waals surface area contributed by atoms with Crippen molar-refractivity contribution in [1.82, 2.24) is 0 Å². The summed E-state index contributed by atoms with van der Waals surface area (Å²) in [6.45, 7) is 6.29. The van der Waals surface area contributed by atoms with E-state index in [-0.39, 0.29) is 0 Å². The highest BCUT2D eigenvalue weighted by Gasteiger charge is 2.17. The van der Waals surface area contributed by atoms with Crippen LogP contribution in [0.5, 0.6) is 0 Å². The first-order chi connectivity index (χ1) is 5.41. The Labute approximate surface area is 72.2 Å². The summed E-state index contributed by atoms with van der Waals surface area (Å²) in [5.41, 5.74) is 0. The molecule has 0 atom stereocenters. The minimum atomic E-state index is -1.49. The van der Waals surface area contributed by atoms with Gasteiger partial charge in [-0.1, -0.05) is 30.9 Å². The second-order valence-electron chi connectivity index (χ2n) is 3.88. The first-order valence-electron chi connectivity index (χ1n) is 3.87. The lowest BCUT2D eigenvalue weighted by atomic mass is 10.3. The summed E-state index contributed by atoms with van der Waals surface area (Å²) in [5, 5.41) is 0.946. The lowest BCUT2D eigenvalue weighted by molar-refractivity contribution is 0.509. The van der Waals surface area contributed by atoms with Crippen LogP contribution in [-0.2, 0) is 0 Å². The third-order valence-electron chi connectivity index (χ3n) is 1.79. The third-order valence-corrected chi connectivity index (χ3v) is 3.83. The van der Waals surface area contributed by atoms with Crippen LogP contribution in [0.2, 0.25) is 19.6 Å². The molecule has 0 bridgehead atoms. The molecule has 0 fully saturated rings. The Balaban J connectivity index is 3.14. The van der Waals surface area contributed by atoms with E-state index in [9.17, 15) is 8.78 Å². The van der Waals surface area contributed by atoms with Crippen molar-refractivity contribution in [3.63, 3.8) is 0 Å². The van der Waals surface area contributed by atoms with Gasteiger partial charge in [-0.25, -0.2) is 8.78 Å². The minimum absolute atomic E-state index is 0.741. The zero-order chi connectivity index (χ0) is 9.35. The molecule has 12 heavy (non-hydrogen) atoms. The van der Waals surface area contributed by atoms with Crippen molar-refractivity contribution in [3.8, 4) is 0 Å². The van der Waals surface area contributed by atoms with Gasteiger partial charge in [0.25, 0.3) is 0 Å². The van der Waals surface area contributed by atoms with Gasteiger partial charge in [-0.05, 0) is 12.1 Å². The summed E-state index contributed by atoms with van der Waals surface area (Å²) in [6, 6.07) is 4.18. The molecule has 0 nitrogen and oxygen atoms in total. The van der Waals surface area contributed by atoms with Crippen LogP contribution in [0, 0.1) is 11.6 Å². The summed E-state index contributed by atoms with van der Waals surface area (Å²) >= 11 is 0. The van der Waals surface area contributed by atoms with Gasteiger partial charge in [-0.3, -0.25) is 0 Å². The van der Waals surface area contributed by atoms with Crippen molar-refractivity contribution in [2.24, 2.45) is 0 Å². The maximum Gasteiger partial charge on any atom is 0.158 e. The van der Waals surface area contributed by atoms with Crippen molar-refractivity contribution in [2.75, 3.05) is 0 Å². The molecule has 3 heteroatoms. The highest BCUT2D eigenvalue weighted by Crippen LogP contribution is 2.07.